The Labute approximate surface area is 129 Å². The van der Waals surface area contributed by atoms with Crippen LogP contribution in [0.25, 0.3) is 0 Å². The molecule has 1 aliphatic rings. The minimum Gasteiger partial charge on any atom is -0.454 e. The van der Waals surface area contributed by atoms with Crippen LogP contribution >= 0.6 is 11.6 Å². The standard InChI is InChI=1S/C14H8ClNO6/c15-10-3-1-8(5-11(10)16(18)19)14(17)22-9-2-4-12-13(6-9)21-7-20-12/h1-6H,7H2. The molecule has 0 atom stereocenters. The van der Waals surface area contributed by atoms with Crippen molar-refractivity contribution in [3.63, 3.8) is 0 Å². The molecule has 1 aliphatic heterocycles. The number of hydrogen-bond acceptors (Lipinski definition) is 6. The third-order valence-corrected chi connectivity index (χ3v) is 3.25. The first-order valence-electron chi connectivity index (χ1n) is 6.10. The van der Waals surface area contributed by atoms with Crippen molar-refractivity contribution >= 4 is 23.3 Å². The summed E-state index contributed by atoms with van der Waals surface area (Å²) >= 11 is 5.70. The summed E-state index contributed by atoms with van der Waals surface area (Å²) in [4.78, 5) is 22.2. The number of rotatable bonds is 3. The lowest BCUT2D eigenvalue weighted by Gasteiger charge is -2.05. The zero-order valence-corrected chi connectivity index (χ0v) is 11.7. The Morgan fingerprint density at radius 2 is 1.95 bits per heavy atom. The van der Waals surface area contributed by atoms with E-state index in [9.17, 15) is 14.9 Å². The van der Waals surface area contributed by atoms with Crippen LogP contribution in [-0.2, 0) is 0 Å². The molecule has 7 nitrogen and oxygen atoms in total. The highest BCUT2D eigenvalue weighted by molar-refractivity contribution is 6.32. The van der Waals surface area contributed by atoms with Gasteiger partial charge in [-0.05, 0) is 24.3 Å². The molecule has 2 aromatic carbocycles. The molecule has 1 heterocycles. The Balaban J connectivity index is 1.83. The van der Waals surface area contributed by atoms with Crippen LogP contribution in [0.4, 0.5) is 5.69 Å². The van der Waals surface area contributed by atoms with E-state index in [0.717, 1.165) is 6.07 Å². The average Bonchev–Trinajstić information content (AvgIpc) is 2.94. The van der Waals surface area contributed by atoms with Crippen molar-refractivity contribution < 1.29 is 23.9 Å². The summed E-state index contributed by atoms with van der Waals surface area (Å²) in [6.07, 6.45) is 0. The highest BCUT2D eigenvalue weighted by Crippen LogP contribution is 2.35. The quantitative estimate of drug-likeness (QED) is 0.373. The van der Waals surface area contributed by atoms with Crippen LogP contribution in [0.1, 0.15) is 10.4 Å². The number of esters is 1. The molecule has 0 bridgehead atoms. The van der Waals surface area contributed by atoms with Crippen molar-refractivity contribution in [3.8, 4) is 17.2 Å². The van der Waals surface area contributed by atoms with Gasteiger partial charge in [0.2, 0.25) is 6.79 Å². The average molecular weight is 322 g/mol. The third-order valence-electron chi connectivity index (χ3n) is 2.93. The summed E-state index contributed by atoms with van der Waals surface area (Å²) < 4.78 is 15.5. The molecule has 8 heteroatoms. The van der Waals surface area contributed by atoms with Crippen LogP contribution in [0.15, 0.2) is 36.4 Å². The summed E-state index contributed by atoms with van der Waals surface area (Å²) in [6.45, 7) is 0.107. The largest absolute Gasteiger partial charge is 0.454 e. The molecule has 0 N–H and O–H groups in total. The first-order chi connectivity index (χ1) is 10.5. The number of benzene rings is 2. The monoisotopic (exact) mass is 321 g/mol. The van der Waals surface area contributed by atoms with Gasteiger partial charge in [0.15, 0.2) is 11.5 Å². The Morgan fingerprint density at radius 3 is 2.73 bits per heavy atom. The van der Waals surface area contributed by atoms with Gasteiger partial charge in [0.05, 0.1) is 10.5 Å². The van der Waals surface area contributed by atoms with E-state index in [2.05, 4.69) is 0 Å². The molecular weight excluding hydrogens is 314 g/mol. The lowest BCUT2D eigenvalue weighted by molar-refractivity contribution is -0.384. The Morgan fingerprint density at radius 1 is 1.18 bits per heavy atom. The van der Waals surface area contributed by atoms with Gasteiger partial charge in [-0.2, -0.15) is 0 Å². The van der Waals surface area contributed by atoms with Crippen molar-refractivity contribution in [2.24, 2.45) is 0 Å². The van der Waals surface area contributed by atoms with Gasteiger partial charge in [-0.1, -0.05) is 11.6 Å². The second kappa shape index (κ2) is 5.53. The van der Waals surface area contributed by atoms with E-state index in [1.807, 2.05) is 0 Å². The van der Waals surface area contributed by atoms with E-state index in [0.29, 0.717) is 11.5 Å². The molecule has 0 aromatic heterocycles. The van der Waals surface area contributed by atoms with Crippen LogP contribution in [0, 0.1) is 10.1 Å². The van der Waals surface area contributed by atoms with Gasteiger partial charge in [-0.15, -0.1) is 0 Å². The van der Waals surface area contributed by atoms with Gasteiger partial charge >= 0.3 is 5.97 Å². The number of ether oxygens (including phenoxy) is 3. The maximum atomic E-state index is 12.0. The summed E-state index contributed by atoms with van der Waals surface area (Å²) in [7, 11) is 0. The van der Waals surface area contributed by atoms with Crippen molar-refractivity contribution in [3.05, 3.63) is 57.1 Å². The number of carbonyl (C=O) groups is 1. The molecule has 112 valence electrons. The maximum Gasteiger partial charge on any atom is 0.343 e. The van der Waals surface area contributed by atoms with Crippen LogP contribution in [0.2, 0.25) is 5.02 Å². The third kappa shape index (κ3) is 2.66. The van der Waals surface area contributed by atoms with Gasteiger partial charge < -0.3 is 14.2 Å². The minimum atomic E-state index is -0.737. The number of halogens is 1. The zero-order chi connectivity index (χ0) is 15.7. The van der Waals surface area contributed by atoms with Crippen LogP contribution in [0.3, 0.4) is 0 Å². The molecule has 2 aromatic rings. The maximum absolute atomic E-state index is 12.0. The number of nitro benzene ring substituents is 1. The van der Waals surface area contributed by atoms with Crippen LogP contribution < -0.4 is 14.2 Å². The smallest absolute Gasteiger partial charge is 0.343 e. The lowest BCUT2D eigenvalue weighted by Crippen LogP contribution is -2.09. The second-order valence-electron chi connectivity index (χ2n) is 4.33. The number of fused-ring (bicyclic) bond motifs is 1. The van der Waals surface area contributed by atoms with Crippen molar-refractivity contribution in [2.75, 3.05) is 6.79 Å². The van der Waals surface area contributed by atoms with E-state index < -0.39 is 10.9 Å². The van der Waals surface area contributed by atoms with Crippen molar-refractivity contribution in [2.45, 2.75) is 0 Å². The van der Waals surface area contributed by atoms with E-state index in [1.165, 1.54) is 24.3 Å². The molecule has 22 heavy (non-hydrogen) atoms. The van der Waals surface area contributed by atoms with E-state index in [-0.39, 0.29) is 28.8 Å². The summed E-state index contributed by atoms with van der Waals surface area (Å²) in [5, 5.41) is 10.8. The Bertz CT molecular complexity index is 776. The Kier molecular flexibility index (Phi) is 3.56. The number of hydrogen-bond donors (Lipinski definition) is 0. The normalized spacial score (nSPS) is 12.0. The topological polar surface area (TPSA) is 87.9 Å². The predicted molar refractivity (Wildman–Crippen MR) is 75.6 cm³/mol. The van der Waals surface area contributed by atoms with E-state index in [1.54, 1.807) is 6.07 Å². The Hall–Kier alpha value is -2.80. The zero-order valence-electron chi connectivity index (χ0n) is 10.9. The molecule has 0 unspecified atom stereocenters. The van der Waals surface area contributed by atoms with E-state index in [4.69, 9.17) is 25.8 Å². The molecule has 0 fully saturated rings. The molecule has 0 amide bonds. The van der Waals surface area contributed by atoms with Gasteiger partial charge in [0.1, 0.15) is 10.8 Å². The highest BCUT2D eigenvalue weighted by Gasteiger charge is 2.19. The summed E-state index contributed by atoms with van der Waals surface area (Å²) in [5.74, 6) is 0.528. The second-order valence-corrected chi connectivity index (χ2v) is 4.74. The number of nitrogens with zero attached hydrogens (tertiary/aromatic N) is 1. The molecule has 0 spiro atoms. The van der Waals surface area contributed by atoms with Crippen LogP contribution in [0.5, 0.6) is 17.2 Å². The molecule has 3 rings (SSSR count). The van der Waals surface area contributed by atoms with Gasteiger partial charge in [-0.25, -0.2) is 4.79 Å². The summed E-state index contributed by atoms with van der Waals surface area (Å²) in [5.41, 5.74) is -0.337. The fraction of sp³-hybridized carbons (Fsp3) is 0.0714. The van der Waals surface area contributed by atoms with Crippen molar-refractivity contribution in [1.82, 2.24) is 0 Å². The first kappa shape index (κ1) is 14.2. The molecule has 0 saturated heterocycles. The molecule has 0 saturated carbocycles. The predicted octanol–water partition coefficient (Wildman–Crippen LogP) is 3.20. The van der Waals surface area contributed by atoms with Crippen LogP contribution in [-0.4, -0.2) is 17.7 Å². The van der Waals surface area contributed by atoms with Gasteiger partial charge in [0.25, 0.3) is 5.69 Å². The summed E-state index contributed by atoms with van der Waals surface area (Å²) in [6, 6.07) is 8.34. The highest BCUT2D eigenvalue weighted by atomic mass is 35.5. The fourth-order valence-corrected chi connectivity index (χ4v) is 2.07. The SMILES string of the molecule is O=C(Oc1ccc2c(c1)OCO2)c1ccc(Cl)c([N+](=O)[O-])c1. The molecule has 0 aliphatic carbocycles. The fourth-order valence-electron chi connectivity index (χ4n) is 1.89. The number of carbonyl (C=O) groups excluding carboxylic acids is 1. The van der Waals surface area contributed by atoms with Crippen molar-refractivity contribution in [1.29, 1.82) is 0 Å². The van der Waals surface area contributed by atoms with Gasteiger partial charge in [-0.3, -0.25) is 10.1 Å². The molecule has 0 radical (unpaired) electrons. The minimum absolute atomic E-state index is 0.0220. The number of nitro groups is 1. The van der Waals surface area contributed by atoms with Gasteiger partial charge in [0, 0.05) is 12.1 Å². The molecular formula is C14H8ClNO6. The van der Waals surface area contributed by atoms with E-state index >= 15 is 0 Å². The first-order valence-corrected chi connectivity index (χ1v) is 6.48. The lowest BCUT2D eigenvalue weighted by atomic mass is 10.2.